The molecule has 1 aliphatic rings. The van der Waals surface area contributed by atoms with Crippen molar-refractivity contribution < 1.29 is 23.4 Å². The highest BCUT2D eigenvalue weighted by molar-refractivity contribution is 5.86. The van der Waals surface area contributed by atoms with Crippen molar-refractivity contribution in [1.29, 1.82) is 0 Å². The first kappa shape index (κ1) is 22.7. The highest BCUT2D eigenvalue weighted by atomic mass is 19.1. The van der Waals surface area contributed by atoms with Crippen LogP contribution >= 0.6 is 0 Å². The van der Waals surface area contributed by atoms with Crippen molar-refractivity contribution >= 4 is 17.4 Å². The van der Waals surface area contributed by atoms with Crippen LogP contribution in [0.25, 0.3) is 0 Å². The Morgan fingerprint density at radius 1 is 1.23 bits per heavy atom. The Kier molecular flexibility index (Phi) is 6.93. The van der Waals surface area contributed by atoms with E-state index in [1.54, 1.807) is 0 Å². The summed E-state index contributed by atoms with van der Waals surface area (Å²) in [5, 5.41) is 15.4. The van der Waals surface area contributed by atoms with Gasteiger partial charge in [0.2, 0.25) is 0 Å². The van der Waals surface area contributed by atoms with Gasteiger partial charge in [0.25, 0.3) is 0 Å². The van der Waals surface area contributed by atoms with Gasteiger partial charge >= 0.3 is 5.97 Å². The lowest BCUT2D eigenvalue weighted by Crippen LogP contribution is -2.32. The fraction of sp³-hybridized carbons (Fsp3) is 0.417. The second-order valence-corrected chi connectivity index (χ2v) is 8.43. The molecule has 2 atom stereocenters. The molecule has 0 spiro atoms. The van der Waals surface area contributed by atoms with Crippen LogP contribution in [0, 0.1) is 17.6 Å². The third kappa shape index (κ3) is 5.40. The van der Waals surface area contributed by atoms with Crippen LogP contribution in [0.4, 0.5) is 14.5 Å². The van der Waals surface area contributed by atoms with E-state index < -0.39 is 29.3 Å². The van der Waals surface area contributed by atoms with Gasteiger partial charge in [-0.3, -0.25) is 9.80 Å². The first-order valence-corrected chi connectivity index (χ1v) is 10.4. The first-order chi connectivity index (χ1) is 14.7. The first-order valence-electron chi connectivity index (χ1n) is 10.4. The van der Waals surface area contributed by atoms with Crippen LogP contribution in [0.1, 0.15) is 51.2 Å². The minimum Gasteiger partial charge on any atom is -0.485 e. The van der Waals surface area contributed by atoms with Crippen LogP contribution in [-0.4, -0.2) is 29.4 Å². The SMILES string of the molecule is CC1=NN(c2cccc(C(C)C)c2)C(COc2c(F)cc(CC(C)C(=O)O)cc2F)C1. The Labute approximate surface area is 181 Å². The maximum absolute atomic E-state index is 14.5. The summed E-state index contributed by atoms with van der Waals surface area (Å²) in [4.78, 5) is 11.0. The van der Waals surface area contributed by atoms with E-state index >= 15 is 0 Å². The maximum atomic E-state index is 14.5. The Bertz CT molecular complexity index is 968. The summed E-state index contributed by atoms with van der Waals surface area (Å²) in [5.41, 5.74) is 3.29. The molecule has 1 N–H and O–H groups in total. The highest BCUT2D eigenvalue weighted by Gasteiger charge is 2.28. The molecule has 0 aliphatic carbocycles. The summed E-state index contributed by atoms with van der Waals surface area (Å²) in [6, 6.07) is 10.1. The van der Waals surface area contributed by atoms with Gasteiger partial charge in [0.05, 0.1) is 17.6 Å². The van der Waals surface area contributed by atoms with E-state index in [1.807, 2.05) is 24.1 Å². The van der Waals surface area contributed by atoms with E-state index in [0.29, 0.717) is 12.3 Å². The molecule has 0 saturated heterocycles. The molecule has 7 heteroatoms. The molecular formula is C24H28F2N2O3. The van der Waals surface area contributed by atoms with Crippen molar-refractivity contribution in [2.45, 2.75) is 52.5 Å². The number of nitrogens with zero attached hydrogens (tertiary/aromatic N) is 2. The summed E-state index contributed by atoms with van der Waals surface area (Å²) >= 11 is 0. The molecule has 0 aromatic heterocycles. The lowest BCUT2D eigenvalue weighted by Gasteiger charge is -2.25. The molecule has 0 bridgehead atoms. The van der Waals surface area contributed by atoms with Gasteiger partial charge in [-0.1, -0.05) is 32.9 Å². The second-order valence-electron chi connectivity index (χ2n) is 8.43. The highest BCUT2D eigenvalue weighted by Crippen LogP contribution is 2.30. The lowest BCUT2D eigenvalue weighted by molar-refractivity contribution is -0.141. The van der Waals surface area contributed by atoms with Crippen LogP contribution < -0.4 is 9.75 Å². The molecule has 0 fully saturated rings. The van der Waals surface area contributed by atoms with Gasteiger partial charge < -0.3 is 9.84 Å². The van der Waals surface area contributed by atoms with Crippen LogP contribution in [0.2, 0.25) is 0 Å². The van der Waals surface area contributed by atoms with E-state index in [4.69, 9.17) is 9.84 Å². The zero-order valence-corrected chi connectivity index (χ0v) is 18.2. The predicted octanol–water partition coefficient (Wildman–Crippen LogP) is 5.39. The summed E-state index contributed by atoms with van der Waals surface area (Å²) in [6.07, 6.45) is 0.669. The number of halogens is 2. The number of rotatable bonds is 8. The quantitative estimate of drug-likeness (QED) is 0.610. The number of ether oxygens (including phenoxy) is 1. The Morgan fingerprint density at radius 3 is 2.52 bits per heavy atom. The Morgan fingerprint density at radius 2 is 1.90 bits per heavy atom. The number of hydrazone groups is 1. The monoisotopic (exact) mass is 430 g/mol. The maximum Gasteiger partial charge on any atom is 0.306 e. The van der Waals surface area contributed by atoms with Crippen molar-refractivity contribution in [2.75, 3.05) is 11.6 Å². The van der Waals surface area contributed by atoms with Gasteiger partial charge in [0.15, 0.2) is 17.4 Å². The topological polar surface area (TPSA) is 62.1 Å². The number of anilines is 1. The van der Waals surface area contributed by atoms with Crippen molar-refractivity contribution in [2.24, 2.45) is 11.0 Å². The summed E-state index contributed by atoms with van der Waals surface area (Å²) in [5.74, 6) is -3.51. The summed E-state index contributed by atoms with van der Waals surface area (Å²) in [6.45, 7) is 7.70. The molecule has 5 nitrogen and oxygen atoms in total. The number of benzene rings is 2. The van der Waals surface area contributed by atoms with Crippen molar-refractivity contribution in [1.82, 2.24) is 0 Å². The summed E-state index contributed by atoms with van der Waals surface area (Å²) in [7, 11) is 0. The number of carboxylic acid groups (broad SMARTS) is 1. The molecule has 2 aromatic carbocycles. The van der Waals surface area contributed by atoms with Gasteiger partial charge in [-0.15, -0.1) is 0 Å². The number of carboxylic acids is 1. The van der Waals surface area contributed by atoms with Crippen LogP contribution in [0.5, 0.6) is 5.75 Å². The standard InChI is InChI=1S/C24H28F2N2O3/c1-14(2)18-6-5-7-19(12-18)28-20(9-16(4)27-28)13-31-23-21(25)10-17(11-22(23)26)8-15(3)24(29)30/h5-7,10-12,14-15,20H,8-9,13H2,1-4H3,(H,29,30). The molecule has 1 aliphatic heterocycles. The zero-order valence-electron chi connectivity index (χ0n) is 18.2. The number of carbonyl (C=O) groups is 1. The third-order valence-electron chi connectivity index (χ3n) is 5.40. The van der Waals surface area contributed by atoms with Crippen LogP contribution in [-0.2, 0) is 11.2 Å². The average molecular weight is 430 g/mol. The number of hydrogen-bond donors (Lipinski definition) is 1. The van der Waals surface area contributed by atoms with E-state index in [1.165, 1.54) is 12.5 Å². The molecule has 1 heterocycles. The molecule has 166 valence electrons. The number of aliphatic carboxylic acids is 1. The minimum atomic E-state index is -1.01. The van der Waals surface area contributed by atoms with E-state index in [0.717, 1.165) is 23.5 Å². The zero-order chi connectivity index (χ0) is 22.7. The third-order valence-corrected chi connectivity index (χ3v) is 5.40. The van der Waals surface area contributed by atoms with Crippen LogP contribution in [0.3, 0.4) is 0 Å². The average Bonchev–Trinajstić information content (AvgIpc) is 3.08. The second kappa shape index (κ2) is 9.45. The van der Waals surface area contributed by atoms with Crippen molar-refractivity contribution in [3.05, 3.63) is 59.2 Å². The van der Waals surface area contributed by atoms with E-state index in [-0.39, 0.29) is 24.6 Å². The summed E-state index contributed by atoms with van der Waals surface area (Å²) < 4.78 is 34.6. The van der Waals surface area contributed by atoms with Crippen LogP contribution in [0.15, 0.2) is 41.5 Å². The smallest absolute Gasteiger partial charge is 0.306 e. The van der Waals surface area contributed by atoms with Gasteiger partial charge in [0.1, 0.15) is 6.61 Å². The molecule has 31 heavy (non-hydrogen) atoms. The molecule has 0 amide bonds. The normalized spacial score (nSPS) is 17.1. The van der Waals surface area contributed by atoms with Gasteiger partial charge in [-0.25, -0.2) is 8.78 Å². The predicted molar refractivity (Wildman–Crippen MR) is 117 cm³/mol. The van der Waals surface area contributed by atoms with Gasteiger partial charge in [-0.05, 0) is 54.7 Å². The molecule has 2 unspecified atom stereocenters. The lowest BCUT2D eigenvalue weighted by atomic mass is 10.0. The minimum absolute atomic E-state index is 0.0408. The fourth-order valence-electron chi connectivity index (χ4n) is 3.65. The molecule has 2 aromatic rings. The van der Waals surface area contributed by atoms with Gasteiger partial charge in [-0.2, -0.15) is 5.10 Å². The van der Waals surface area contributed by atoms with Crippen molar-refractivity contribution in [3.63, 3.8) is 0 Å². The van der Waals surface area contributed by atoms with Crippen molar-refractivity contribution in [3.8, 4) is 5.75 Å². The number of hydrogen-bond acceptors (Lipinski definition) is 4. The van der Waals surface area contributed by atoms with E-state index in [9.17, 15) is 13.6 Å². The molecule has 3 rings (SSSR count). The Hall–Kier alpha value is -2.96. The molecular weight excluding hydrogens is 402 g/mol. The fourth-order valence-corrected chi connectivity index (χ4v) is 3.65. The molecule has 0 saturated carbocycles. The van der Waals surface area contributed by atoms with E-state index in [2.05, 4.69) is 31.1 Å². The molecule has 0 radical (unpaired) electrons. The Balaban J connectivity index is 1.74. The van der Waals surface area contributed by atoms with Gasteiger partial charge in [0, 0.05) is 12.1 Å². The largest absolute Gasteiger partial charge is 0.485 e.